The predicted octanol–water partition coefficient (Wildman–Crippen LogP) is 2.54. The molecule has 0 radical (unpaired) electrons. The van der Waals surface area contributed by atoms with Gasteiger partial charge in [-0.3, -0.25) is 0 Å². The van der Waals surface area contributed by atoms with Crippen LogP contribution in [0.3, 0.4) is 0 Å². The van der Waals surface area contributed by atoms with Crippen molar-refractivity contribution in [2.45, 2.75) is 23.2 Å². The third kappa shape index (κ3) is 1.32. The maximum Gasteiger partial charge on any atom is 0.155 e. The average molecular weight is 299 g/mol. The van der Waals surface area contributed by atoms with E-state index in [4.69, 9.17) is 0 Å². The summed E-state index contributed by atoms with van der Waals surface area (Å²) in [7, 11) is 0. The van der Waals surface area contributed by atoms with E-state index in [1.54, 1.807) is 0 Å². The first kappa shape index (κ1) is 8.64. The third-order valence-corrected chi connectivity index (χ3v) is 3.32. The van der Waals surface area contributed by atoms with Gasteiger partial charge in [-0.1, -0.05) is 28.7 Å². The number of fused-ring (bicyclic) bond motifs is 1. The van der Waals surface area contributed by atoms with Crippen LogP contribution in [0.15, 0.2) is 18.2 Å². The molecule has 1 fully saturated rings. The molecule has 1 saturated carbocycles. The fourth-order valence-electron chi connectivity index (χ4n) is 1.59. The molecule has 2 aromatic heterocycles. The minimum absolute atomic E-state index is 0.636. The zero-order valence-corrected chi connectivity index (χ0v) is 9.81. The minimum atomic E-state index is 0.636. The van der Waals surface area contributed by atoms with Crippen LogP contribution in [0.2, 0.25) is 0 Å². The topological polar surface area (TPSA) is 30.2 Å². The Morgan fingerprint density at radius 3 is 3.00 bits per heavy atom. The summed E-state index contributed by atoms with van der Waals surface area (Å²) in [6.45, 7) is 0. The third-order valence-electron chi connectivity index (χ3n) is 2.53. The molecule has 3 nitrogen and oxygen atoms in total. The van der Waals surface area contributed by atoms with Gasteiger partial charge in [0, 0.05) is 10.3 Å². The minimum Gasteiger partial charge on any atom is -0.217 e. The van der Waals surface area contributed by atoms with Gasteiger partial charge in [0.25, 0.3) is 0 Å². The molecule has 0 amide bonds. The van der Waals surface area contributed by atoms with Gasteiger partial charge < -0.3 is 0 Å². The van der Waals surface area contributed by atoms with E-state index in [2.05, 4.69) is 44.8 Å². The summed E-state index contributed by atoms with van der Waals surface area (Å²) in [5.74, 6) is 1.67. The number of pyridine rings is 1. The van der Waals surface area contributed by atoms with Crippen LogP contribution in [0.1, 0.15) is 30.3 Å². The summed E-state index contributed by atoms with van der Waals surface area (Å²) < 4.78 is 2.95. The van der Waals surface area contributed by atoms with Crippen LogP contribution >= 0.6 is 22.6 Å². The van der Waals surface area contributed by atoms with Gasteiger partial charge in [-0.2, -0.15) is 5.10 Å². The molecule has 1 aliphatic rings. The van der Waals surface area contributed by atoms with Gasteiger partial charge in [0.1, 0.15) is 0 Å². The van der Waals surface area contributed by atoms with Crippen molar-refractivity contribution in [1.82, 2.24) is 14.6 Å². The summed E-state index contributed by atoms with van der Waals surface area (Å²) in [5, 5.41) is 4.55. The average Bonchev–Trinajstić information content (AvgIpc) is 2.97. The molecule has 14 heavy (non-hydrogen) atoms. The van der Waals surface area contributed by atoms with Crippen molar-refractivity contribution in [3.63, 3.8) is 0 Å². The Hall–Kier alpha value is -0.650. The zero-order chi connectivity index (χ0) is 9.54. The highest BCUT2D eigenvalue weighted by atomic mass is 127. The summed E-state index contributed by atoms with van der Waals surface area (Å²) in [4.78, 5) is 4.53. The molecule has 0 unspecified atom stereocenters. The molecule has 4 heteroatoms. The van der Waals surface area contributed by atoms with Crippen molar-refractivity contribution in [2.24, 2.45) is 0 Å². The van der Waals surface area contributed by atoms with E-state index in [1.165, 1.54) is 18.5 Å². The number of nitrogens with zero attached hydrogens (tertiary/aromatic N) is 3. The quantitative estimate of drug-likeness (QED) is 0.630. The molecule has 1 aliphatic carbocycles. The van der Waals surface area contributed by atoms with E-state index in [1.807, 2.05) is 10.6 Å². The number of hydrogen-bond donors (Lipinski definition) is 0. The predicted molar refractivity (Wildman–Crippen MR) is 62.7 cm³/mol. The maximum absolute atomic E-state index is 4.55. The van der Waals surface area contributed by atoms with Gasteiger partial charge in [0.2, 0.25) is 0 Å². The summed E-state index contributed by atoms with van der Waals surface area (Å²) in [5.41, 5.74) is 2.21. The molecule has 0 bridgehead atoms. The standard InChI is InChI=1S/C10H10IN3/c11-6-8-2-1-3-9-12-10(7-4-5-7)13-14(8)9/h1-3,7H,4-6H2. The van der Waals surface area contributed by atoms with Crippen LogP contribution in [0.25, 0.3) is 5.65 Å². The Bertz CT molecular complexity index is 473. The number of halogens is 1. The van der Waals surface area contributed by atoms with E-state index < -0.39 is 0 Å². The van der Waals surface area contributed by atoms with Crippen molar-refractivity contribution in [2.75, 3.05) is 0 Å². The van der Waals surface area contributed by atoms with Crippen LogP contribution in [0.5, 0.6) is 0 Å². The Labute approximate surface area is 95.7 Å². The highest BCUT2D eigenvalue weighted by Crippen LogP contribution is 2.38. The Balaban J connectivity index is 2.20. The van der Waals surface area contributed by atoms with Gasteiger partial charge in [0.05, 0.1) is 5.69 Å². The van der Waals surface area contributed by atoms with Gasteiger partial charge in [-0.05, 0) is 25.0 Å². The normalized spacial score (nSPS) is 16.4. The van der Waals surface area contributed by atoms with Crippen LogP contribution in [-0.4, -0.2) is 14.6 Å². The molecule has 0 spiro atoms. The van der Waals surface area contributed by atoms with E-state index in [0.29, 0.717) is 5.92 Å². The van der Waals surface area contributed by atoms with Crippen LogP contribution < -0.4 is 0 Å². The number of hydrogen-bond acceptors (Lipinski definition) is 2. The van der Waals surface area contributed by atoms with E-state index in [-0.39, 0.29) is 0 Å². The lowest BCUT2D eigenvalue weighted by molar-refractivity contribution is 0.853. The van der Waals surface area contributed by atoms with Crippen LogP contribution in [0, 0.1) is 0 Å². The molecule has 0 saturated heterocycles. The van der Waals surface area contributed by atoms with Gasteiger partial charge in [-0.25, -0.2) is 9.50 Å². The zero-order valence-electron chi connectivity index (χ0n) is 7.65. The highest BCUT2D eigenvalue weighted by Gasteiger charge is 2.28. The first-order valence-electron chi connectivity index (χ1n) is 4.79. The van der Waals surface area contributed by atoms with Crippen molar-refractivity contribution in [3.8, 4) is 0 Å². The second-order valence-corrected chi connectivity index (χ2v) is 4.43. The van der Waals surface area contributed by atoms with Crippen molar-refractivity contribution >= 4 is 28.2 Å². The molecular weight excluding hydrogens is 289 g/mol. The smallest absolute Gasteiger partial charge is 0.155 e. The first-order chi connectivity index (χ1) is 6.88. The molecule has 2 heterocycles. The van der Waals surface area contributed by atoms with Crippen molar-refractivity contribution in [3.05, 3.63) is 29.7 Å². The first-order valence-corrected chi connectivity index (χ1v) is 6.31. The Morgan fingerprint density at radius 1 is 1.43 bits per heavy atom. The monoisotopic (exact) mass is 299 g/mol. The maximum atomic E-state index is 4.55. The van der Waals surface area contributed by atoms with E-state index >= 15 is 0 Å². The highest BCUT2D eigenvalue weighted by molar-refractivity contribution is 14.1. The summed E-state index contributed by atoms with van der Waals surface area (Å²) in [6.07, 6.45) is 2.52. The molecule has 0 atom stereocenters. The Kier molecular flexibility index (Phi) is 1.97. The number of aromatic nitrogens is 3. The Morgan fingerprint density at radius 2 is 2.29 bits per heavy atom. The molecule has 3 rings (SSSR count). The summed E-state index contributed by atoms with van der Waals surface area (Å²) in [6, 6.07) is 6.17. The van der Waals surface area contributed by atoms with Crippen LogP contribution in [-0.2, 0) is 4.43 Å². The fraction of sp³-hybridized carbons (Fsp3) is 0.400. The van der Waals surface area contributed by atoms with Gasteiger partial charge in [0.15, 0.2) is 11.5 Å². The number of alkyl halides is 1. The number of rotatable bonds is 2. The lowest BCUT2D eigenvalue weighted by Gasteiger charge is -1.97. The van der Waals surface area contributed by atoms with E-state index in [0.717, 1.165) is 15.9 Å². The molecule has 0 aromatic carbocycles. The fourth-order valence-corrected chi connectivity index (χ4v) is 2.17. The molecular formula is C10H10IN3. The largest absolute Gasteiger partial charge is 0.217 e. The lowest BCUT2D eigenvalue weighted by Crippen LogP contribution is -1.95. The molecule has 2 aromatic rings. The van der Waals surface area contributed by atoms with Gasteiger partial charge >= 0.3 is 0 Å². The SMILES string of the molecule is ICc1cccc2nc(C3CC3)nn12. The van der Waals surface area contributed by atoms with Crippen LogP contribution in [0.4, 0.5) is 0 Å². The van der Waals surface area contributed by atoms with Crippen molar-refractivity contribution in [1.29, 1.82) is 0 Å². The second-order valence-electron chi connectivity index (χ2n) is 3.67. The van der Waals surface area contributed by atoms with Gasteiger partial charge in [-0.15, -0.1) is 0 Å². The van der Waals surface area contributed by atoms with E-state index in [9.17, 15) is 0 Å². The second kappa shape index (κ2) is 3.18. The molecule has 0 N–H and O–H groups in total. The molecule has 0 aliphatic heterocycles. The lowest BCUT2D eigenvalue weighted by atomic mass is 10.4. The van der Waals surface area contributed by atoms with Crippen molar-refractivity contribution < 1.29 is 0 Å². The molecule has 72 valence electrons. The summed E-state index contributed by atoms with van der Waals surface area (Å²) >= 11 is 2.36.